The molecule has 1 saturated carbocycles. The number of fused-ring (bicyclic) bond motifs is 1. The molecule has 0 aromatic heterocycles. The number of piperidine rings is 1. The molecular formula is C18H21NO5. The van der Waals surface area contributed by atoms with Crippen LogP contribution in [0.5, 0.6) is 5.75 Å². The summed E-state index contributed by atoms with van der Waals surface area (Å²) in [6.07, 6.45) is 2.56. The van der Waals surface area contributed by atoms with Gasteiger partial charge in [0, 0.05) is 18.0 Å². The SMILES string of the molecule is Cc1ccc(C(=O)N2C(=O)CCC3CCC(CC(=O)O)C32)cc1O. The predicted molar refractivity (Wildman–Crippen MR) is 85.5 cm³/mol. The molecular weight excluding hydrogens is 310 g/mol. The van der Waals surface area contributed by atoms with Gasteiger partial charge in [0.15, 0.2) is 0 Å². The third-order valence-corrected chi connectivity index (χ3v) is 5.28. The van der Waals surface area contributed by atoms with Gasteiger partial charge in [-0.05, 0) is 55.7 Å². The topological polar surface area (TPSA) is 94.9 Å². The van der Waals surface area contributed by atoms with Gasteiger partial charge in [-0.3, -0.25) is 19.3 Å². The Bertz CT molecular complexity index is 699. The molecule has 128 valence electrons. The molecule has 1 aliphatic heterocycles. The zero-order valence-electron chi connectivity index (χ0n) is 13.6. The van der Waals surface area contributed by atoms with Crippen molar-refractivity contribution in [3.63, 3.8) is 0 Å². The maximum atomic E-state index is 12.9. The molecule has 2 N–H and O–H groups in total. The first-order valence-electron chi connectivity index (χ1n) is 8.26. The summed E-state index contributed by atoms with van der Waals surface area (Å²) in [7, 11) is 0. The fraction of sp³-hybridized carbons (Fsp3) is 0.500. The second-order valence-corrected chi connectivity index (χ2v) is 6.79. The highest BCUT2D eigenvalue weighted by Crippen LogP contribution is 2.43. The number of hydrogen-bond donors (Lipinski definition) is 2. The Labute approximate surface area is 140 Å². The number of phenols is 1. The van der Waals surface area contributed by atoms with Crippen LogP contribution in [0.1, 0.15) is 48.0 Å². The highest BCUT2D eigenvalue weighted by atomic mass is 16.4. The van der Waals surface area contributed by atoms with Crippen molar-refractivity contribution >= 4 is 17.8 Å². The molecule has 24 heavy (non-hydrogen) atoms. The smallest absolute Gasteiger partial charge is 0.303 e. The number of phenolic OH excluding ortho intramolecular Hbond substituents is 1. The molecule has 0 radical (unpaired) electrons. The summed E-state index contributed by atoms with van der Waals surface area (Å²) in [4.78, 5) is 37.7. The van der Waals surface area contributed by atoms with Crippen LogP contribution < -0.4 is 0 Å². The van der Waals surface area contributed by atoms with E-state index in [1.807, 2.05) is 0 Å². The van der Waals surface area contributed by atoms with Crippen molar-refractivity contribution in [2.45, 2.75) is 45.1 Å². The van der Waals surface area contributed by atoms with Gasteiger partial charge in [-0.15, -0.1) is 0 Å². The van der Waals surface area contributed by atoms with Crippen LogP contribution in [0.2, 0.25) is 0 Å². The van der Waals surface area contributed by atoms with Gasteiger partial charge in [-0.25, -0.2) is 0 Å². The van der Waals surface area contributed by atoms with Crippen LogP contribution in [0.4, 0.5) is 0 Å². The fourth-order valence-corrected chi connectivity index (χ4v) is 4.06. The van der Waals surface area contributed by atoms with E-state index in [1.54, 1.807) is 19.1 Å². The number of aromatic hydroxyl groups is 1. The number of imide groups is 1. The molecule has 1 saturated heterocycles. The van der Waals surface area contributed by atoms with Crippen molar-refractivity contribution in [1.82, 2.24) is 4.90 Å². The largest absolute Gasteiger partial charge is 0.508 e. The molecule has 3 rings (SSSR count). The molecule has 0 bridgehead atoms. The highest BCUT2D eigenvalue weighted by Gasteiger charge is 2.47. The molecule has 1 aromatic rings. The Balaban J connectivity index is 1.92. The Kier molecular flexibility index (Phi) is 4.30. The average molecular weight is 331 g/mol. The predicted octanol–water partition coefficient (Wildman–Crippen LogP) is 2.33. The molecule has 1 aliphatic carbocycles. The number of likely N-dealkylation sites (tertiary alicyclic amines) is 1. The lowest BCUT2D eigenvalue weighted by molar-refractivity contribution is -0.141. The lowest BCUT2D eigenvalue weighted by Gasteiger charge is -2.38. The molecule has 2 aliphatic rings. The first kappa shape index (κ1) is 16.5. The maximum Gasteiger partial charge on any atom is 0.303 e. The van der Waals surface area contributed by atoms with Crippen molar-refractivity contribution in [3.8, 4) is 5.75 Å². The second-order valence-electron chi connectivity index (χ2n) is 6.79. The van der Waals surface area contributed by atoms with Crippen molar-refractivity contribution in [1.29, 1.82) is 0 Å². The van der Waals surface area contributed by atoms with Crippen LogP contribution in [0.3, 0.4) is 0 Å². The summed E-state index contributed by atoms with van der Waals surface area (Å²) >= 11 is 0. The van der Waals surface area contributed by atoms with E-state index in [0.717, 1.165) is 12.8 Å². The first-order chi connectivity index (χ1) is 11.4. The van der Waals surface area contributed by atoms with Gasteiger partial charge in [0.1, 0.15) is 5.75 Å². The van der Waals surface area contributed by atoms with E-state index >= 15 is 0 Å². The summed E-state index contributed by atoms with van der Waals surface area (Å²) in [6.45, 7) is 1.73. The van der Waals surface area contributed by atoms with Crippen LogP contribution in [-0.4, -0.2) is 38.9 Å². The summed E-state index contributed by atoms with van der Waals surface area (Å²) in [5.74, 6) is -1.61. The summed E-state index contributed by atoms with van der Waals surface area (Å²) in [5, 5.41) is 19.0. The van der Waals surface area contributed by atoms with Crippen LogP contribution in [0, 0.1) is 18.8 Å². The van der Waals surface area contributed by atoms with Gasteiger partial charge < -0.3 is 10.2 Å². The Hall–Kier alpha value is -2.37. The minimum atomic E-state index is -0.904. The number of rotatable bonds is 3. The highest BCUT2D eigenvalue weighted by molar-refractivity contribution is 6.05. The molecule has 1 heterocycles. The summed E-state index contributed by atoms with van der Waals surface area (Å²) in [5.41, 5.74) is 0.909. The number of hydrogen-bond acceptors (Lipinski definition) is 4. The van der Waals surface area contributed by atoms with Gasteiger partial charge in [-0.2, -0.15) is 0 Å². The minimum Gasteiger partial charge on any atom is -0.508 e. The van der Waals surface area contributed by atoms with E-state index in [9.17, 15) is 19.5 Å². The van der Waals surface area contributed by atoms with E-state index in [2.05, 4.69) is 0 Å². The van der Waals surface area contributed by atoms with Crippen LogP contribution in [-0.2, 0) is 9.59 Å². The lowest BCUT2D eigenvalue weighted by atomic mass is 9.86. The number of aliphatic carboxylic acids is 1. The van der Waals surface area contributed by atoms with E-state index in [4.69, 9.17) is 5.11 Å². The van der Waals surface area contributed by atoms with Gasteiger partial charge in [0.05, 0.1) is 6.42 Å². The number of carbonyl (C=O) groups excluding carboxylic acids is 2. The standard InChI is InChI=1S/C18H21NO5/c1-10-2-3-13(8-14(10)20)18(24)19-15(21)7-6-11-4-5-12(17(11)19)9-16(22)23/h2-3,8,11-12,17,20H,4-7,9H2,1H3,(H,22,23). The monoisotopic (exact) mass is 331 g/mol. The van der Waals surface area contributed by atoms with E-state index in [1.165, 1.54) is 11.0 Å². The van der Waals surface area contributed by atoms with Gasteiger partial charge >= 0.3 is 5.97 Å². The van der Waals surface area contributed by atoms with Crippen LogP contribution in [0.15, 0.2) is 18.2 Å². The number of nitrogens with zero attached hydrogens (tertiary/aromatic N) is 1. The molecule has 6 heteroatoms. The third kappa shape index (κ3) is 2.88. The van der Waals surface area contributed by atoms with E-state index in [-0.39, 0.29) is 41.5 Å². The summed E-state index contributed by atoms with van der Waals surface area (Å²) in [6, 6.07) is 4.25. The van der Waals surface area contributed by atoms with Crippen LogP contribution >= 0.6 is 0 Å². The number of benzene rings is 1. The molecule has 2 fully saturated rings. The molecule has 2 amide bonds. The van der Waals surface area contributed by atoms with Crippen molar-refractivity contribution in [3.05, 3.63) is 29.3 Å². The van der Waals surface area contributed by atoms with Crippen LogP contribution in [0.25, 0.3) is 0 Å². The lowest BCUT2D eigenvalue weighted by Crippen LogP contribution is -2.52. The molecule has 1 aromatic carbocycles. The second kappa shape index (κ2) is 6.26. The first-order valence-corrected chi connectivity index (χ1v) is 8.26. The van der Waals surface area contributed by atoms with Gasteiger partial charge in [-0.1, -0.05) is 6.07 Å². The third-order valence-electron chi connectivity index (χ3n) is 5.28. The molecule has 3 atom stereocenters. The van der Waals surface area contributed by atoms with E-state index in [0.29, 0.717) is 18.4 Å². The minimum absolute atomic E-state index is 0.00960. The quantitative estimate of drug-likeness (QED) is 0.829. The molecule has 3 unspecified atom stereocenters. The number of carboxylic acids is 1. The van der Waals surface area contributed by atoms with Gasteiger partial charge in [0.2, 0.25) is 5.91 Å². The fourth-order valence-electron chi connectivity index (χ4n) is 4.06. The van der Waals surface area contributed by atoms with Gasteiger partial charge in [0.25, 0.3) is 5.91 Å². The Morgan fingerprint density at radius 3 is 2.67 bits per heavy atom. The Morgan fingerprint density at radius 1 is 1.25 bits per heavy atom. The van der Waals surface area contributed by atoms with E-state index < -0.39 is 11.9 Å². The maximum absolute atomic E-state index is 12.9. The number of carboxylic acid groups (broad SMARTS) is 1. The number of amides is 2. The number of aryl methyl sites for hydroxylation is 1. The zero-order valence-corrected chi connectivity index (χ0v) is 13.6. The Morgan fingerprint density at radius 2 is 2.00 bits per heavy atom. The molecule has 6 nitrogen and oxygen atoms in total. The van der Waals surface area contributed by atoms with Crippen molar-refractivity contribution in [2.75, 3.05) is 0 Å². The zero-order chi connectivity index (χ0) is 17.4. The normalized spacial score (nSPS) is 26.3. The molecule has 0 spiro atoms. The average Bonchev–Trinajstić information content (AvgIpc) is 2.92. The van der Waals surface area contributed by atoms with Crippen molar-refractivity contribution in [2.24, 2.45) is 11.8 Å². The summed E-state index contributed by atoms with van der Waals surface area (Å²) < 4.78 is 0. The number of carbonyl (C=O) groups is 3. The van der Waals surface area contributed by atoms with Crippen molar-refractivity contribution < 1.29 is 24.6 Å².